The molecule has 4 aromatic rings. The van der Waals surface area contributed by atoms with E-state index in [9.17, 15) is 9.18 Å². The number of thiazole rings is 1. The average Bonchev–Trinajstić information content (AvgIpc) is 3.22. The van der Waals surface area contributed by atoms with Gasteiger partial charge >= 0.3 is 0 Å². The van der Waals surface area contributed by atoms with E-state index < -0.39 is 0 Å². The molecule has 5 nitrogen and oxygen atoms in total. The fourth-order valence-electron chi connectivity index (χ4n) is 5.17. The molecule has 1 aliphatic carbocycles. The fourth-order valence-corrected chi connectivity index (χ4v) is 6.17. The third-order valence-electron chi connectivity index (χ3n) is 6.84. The summed E-state index contributed by atoms with van der Waals surface area (Å²) in [6, 6.07) is 20.0. The molecule has 0 unspecified atom stereocenters. The van der Waals surface area contributed by atoms with Gasteiger partial charge in [-0.05, 0) is 72.4 Å². The van der Waals surface area contributed by atoms with Crippen LogP contribution in [0.15, 0.2) is 82.1 Å². The second-order valence-electron chi connectivity index (χ2n) is 9.01. The Hall–Kier alpha value is -3.97. The fraction of sp³-hybridized carbons (Fsp3) is 0.200. The summed E-state index contributed by atoms with van der Waals surface area (Å²) in [5.41, 5.74) is 5.96. The smallest absolute Gasteiger partial charge is 0.271 e. The molecule has 0 saturated heterocycles. The van der Waals surface area contributed by atoms with E-state index in [1.807, 2.05) is 43.3 Å². The summed E-state index contributed by atoms with van der Waals surface area (Å²) in [7, 11) is 1.60. The Morgan fingerprint density at radius 1 is 1.08 bits per heavy atom. The van der Waals surface area contributed by atoms with Gasteiger partial charge in [-0.1, -0.05) is 53.8 Å². The number of rotatable bonds is 5. The summed E-state index contributed by atoms with van der Waals surface area (Å²) >= 11 is 1.37. The highest BCUT2D eigenvalue weighted by molar-refractivity contribution is 7.07. The van der Waals surface area contributed by atoms with E-state index in [1.54, 1.807) is 23.8 Å². The molecule has 1 aliphatic heterocycles. The molecule has 0 N–H and O–H groups in total. The first-order valence-electron chi connectivity index (χ1n) is 12.3. The standard InChI is InChI=1S/C30H25FN2O3S/c1-3-36-25-16-18(8-15-24(25)35-2)17-26-29(34)33-28(20-9-12-21(31)13-10-20)23-14-11-19-6-4-5-7-22(19)27(23)32-30(33)37-26/h4-10,12-13,15-17,28H,3,11,14H2,1-2H3/b26-17+/t28-/m1/s1. The molecule has 2 heterocycles. The quantitative estimate of drug-likeness (QED) is 0.384. The Kier molecular flexibility index (Phi) is 6.00. The lowest BCUT2D eigenvalue weighted by Gasteiger charge is -2.30. The number of aryl methyl sites for hydroxylation is 1. The van der Waals surface area contributed by atoms with Crippen LogP contribution in [0.25, 0.3) is 11.8 Å². The Labute approximate surface area is 217 Å². The minimum atomic E-state index is -0.336. The number of halogens is 1. The summed E-state index contributed by atoms with van der Waals surface area (Å²) in [5.74, 6) is 0.967. The number of hydrogen-bond donors (Lipinski definition) is 0. The summed E-state index contributed by atoms with van der Waals surface area (Å²) in [6.07, 6.45) is 3.53. The van der Waals surface area contributed by atoms with Crippen molar-refractivity contribution in [3.05, 3.63) is 120 Å². The molecule has 3 aromatic carbocycles. The van der Waals surface area contributed by atoms with E-state index >= 15 is 0 Å². The maximum atomic E-state index is 13.9. The van der Waals surface area contributed by atoms with Crippen molar-refractivity contribution in [1.29, 1.82) is 0 Å². The summed E-state index contributed by atoms with van der Waals surface area (Å²) < 4.78 is 27.3. The van der Waals surface area contributed by atoms with Gasteiger partial charge in [-0.3, -0.25) is 9.36 Å². The van der Waals surface area contributed by atoms with Crippen molar-refractivity contribution in [2.45, 2.75) is 25.8 Å². The summed E-state index contributed by atoms with van der Waals surface area (Å²) in [6.45, 7) is 2.42. The van der Waals surface area contributed by atoms with Crippen LogP contribution in [0.2, 0.25) is 0 Å². The molecule has 1 aromatic heterocycles. The van der Waals surface area contributed by atoms with E-state index in [0.717, 1.165) is 40.8 Å². The molecule has 0 spiro atoms. The molecule has 0 radical (unpaired) electrons. The minimum Gasteiger partial charge on any atom is -0.493 e. The molecule has 0 bridgehead atoms. The van der Waals surface area contributed by atoms with Crippen molar-refractivity contribution < 1.29 is 13.9 Å². The maximum Gasteiger partial charge on any atom is 0.271 e. The number of benzene rings is 3. The number of nitrogens with zero attached hydrogens (tertiary/aromatic N) is 2. The van der Waals surface area contributed by atoms with Gasteiger partial charge in [0.15, 0.2) is 16.3 Å². The van der Waals surface area contributed by atoms with Crippen molar-refractivity contribution in [1.82, 2.24) is 4.57 Å². The van der Waals surface area contributed by atoms with Crippen LogP contribution in [0.1, 0.15) is 41.6 Å². The zero-order valence-corrected chi connectivity index (χ0v) is 21.3. The Balaban J connectivity index is 1.56. The van der Waals surface area contributed by atoms with Gasteiger partial charge < -0.3 is 9.47 Å². The zero-order chi connectivity index (χ0) is 25.5. The van der Waals surface area contributed by atoms with Crippen molar-refractivity contribution in [2.75, 3.05) is 13.7 Å². The lowest BCUT2D eigenvalue weighted by atomic mass is 9.83. The van der Waals surface area contributed by atoms with Crippen LogP contribution < -0.4 is 24.4 Å². The highest BCUT2D eigenvalue weighted by Gasteiger charge is 2.32. The predicted octanol–water partition coefficient (Wildman–Crippen LogP) is 4.87. The number of hydrogen-bond acceptors (Lipinski definition) is 5. The van der Waals surface area contributed by atoms with Gasteiger partial charge in [-0.15, -0.1) is 0 Å². The van der Waals surface area contributed by atoms with Gasteiger partial charge in [0.2, 0.25) is 0 Å². The van der Waals surface area contributed by atoms with E-state index in [-0.39, 0.29) is 17.4 Å². The molecule has 0 fully saturated rings. The first-order chi connectivity index (χ1) is 18.1. The van der Waals surface area contributed by atoms with Crippen molar-refractivity contribution in [3.63, 3.8) is 0 Å². The van der Waals surface area contributed by atoms with E-state index in [0.29, 0.717) is 27.4 Å². The SMILES string of the molecule is CCOc1cc(/C=c2/sc3n(c2=O)[C@H](c2ccc(F)cc2)C2=C(N=3)c3ccccc3CC2)ccc1OC. The lowest BCUT2D eigenvalue weighted by Crippen LogP contribution is -2.38. The van der Waals surface area contributed by atoms with E-state index in [1.165, 1.54) is 29.0 Å². The van der Waals surface area contributed by atoms with E-state index in [4.69, 9.17) is 14.5 Å². The first kappa shape index (κ1) is 23.4. The van der Waals surface area contributed by atoms with E-state index in [2.05, 4.69) is 12.1 Å². The van der Waals surface area contributed by atoms with Gasteiger partial charge in [0.05, 0.1) is 30.0 Å². The minimum absolute atomic E-state index is 0.114. The monoisotopic (exact) mass is 512 g/mol. The van der Waals surface area contributed by atoms with Crippen molar-refractivity contribution in [2.24, 2.45) is 4.99 Å². The molecule has 6 rings (SSSR count). The van der Waals surface area contributed by atoms with Gasteiger partial charge in [-0.2, -0.15) is 0 Å². The van der Waals surface area contributed by atoms with Crippen LogP contribution in [0, 0.1) is 5.82 Å². The Bertz CT molecular complexity index is 1720. The van der Waals surface area contributed by atoms with Crippen LogP contribution in [-0.2, 0) is 6.42 Å². The van der Waals surface area contributed by atoms with Crippen LogP contribution in [-0.4, -0.2) is 18.3 Å². The third kappa shape index (κ3) is 4.09. The molecule has 1 atom stereocenters. The molecule has 0 saturated carbocycles. The largest absolute Gasteiger partial charge is 0.493 e. The third-order valence-corrected chi connectivity index (χ3v) is 7.83. The number of ether oxygens (including phenoxy) is 2. The van der Waals surface area contributed by atoms with Crippen LogP contribution in [0.3, 0.4) is 0 Å². The van der Waals surface area contributed by atoms with Gasteiger partial charge in [0, 0.05) is 5.56 Å². The summed E-state index contributed by atoms with van der Waals surface area (Å²) in [5, 5.41) is 0. The normalized spacial score (nSPS) is 16.5. The number of methoxy groups -OCH3 is 1. The van der Waals surface area contributed by atoms with Crippen LogP contribution >= 0.6 is 11.3 Å². The summed E-state index contributed by atoms with van der Waals surface area (Å²) in [4.78, 5) is 19.5. The average molecular weight is 513 g/mol. The highest BCUT2D eigenvalue weighted by atomic mass is 32.1. The van der Waals surface area contributed by atoms with Crippen LogP contribution in [0.4, 0.5) is 4.39 Å². The predicted molar refractivity (Wildman–Crippen MR) is 143 cm³/mol. The Morgan fingerprint density at radius 3 is 2.68 bits per heavy atom. The lowest BCUT2D eigenvalue weighted by molar-refractivity contribution is 0.311. The van der Waals surface area contributed by atoms with Gasteiger partial charge in [0.1, 0.15) is 5.82 Å². The molecule has 0 amide bonds. The maximum absolute atomic E-state index is 13.9. The highest BCUT2D eigenvalue weighted by Crippen LogP contribution is 2.41. The topological polar surface area (TPSA) is 52.8 Å². The number of allylic oxidation sites excluding steroid dienone is 1. The first-order valence-corrected chi connectivity index (χ1v) is 13.1. The Morgan fingerprint density at radius 2 is 1.89 bits per heavy atom. The van der Waals surface area contributed by atoms with Crippen molar-refractivity contribution >= 4 is 23.1 Å². The van der Waals surface area contributed by atoms with Gasteiger partial charge in [-0.25, -0.2) is 9.38 Å². The zero-order valence-electron chi connectivity index (χ0n) is 20.5. The van der Waals surface area contributed by atoms with Gasteiger partial charge in [0.25, 0.3) is 5.56 Å². The second-order valence-corrected chi connectivity index (χ2v) is 10.0. The molecular weight excluding hydrogens is 487 g/mol. The molecular formula is C30H25FN2O3S. The second kappa shape index (κ2) is 9.48. The molecule has 186 valence electrons. The molecule has 37 heavy (non-hydrogen) atoms. The number of fused-ring (bicyclic) bond motifs is 3. The van der Waals surface area contributed by atoms with Crippen molar-refractivity contribution in [3.8, 4) is 11.5 Å². The van der Waals surface area contributed by atoms with Crippen LogP contribution in [0.5, 0.6) is 11.5 Å². The molecule has 7 heteroatoms. The number of aromatic nitrogens is 1. The molecule has 2 aliphatic rings.